The first-order chi connectivity index (χ1) is 9.88. The van der Waals surface area contributed by atoms with Crippen LogP contribution in [0.1, 0.15) is 16.8 Å². The fourth-order valence-corrected chi connectivity index (χ4v) is 3.40. The zero-order valence-electron chi connectivity index (χ0n) is 10.9. The number of benzene rings is 2. The van der Waals surface area contributed by atoms with E-state index in [9.17, 15) is 13.2 Å². The molecular formula is C15H12BrClO3S. The second-order valence-corrected chi connectivity index (χ2v) is 7.91. The number of hydrogen-bond donors (Lipinski definition) is 0. The Hall–Kier alpha value is -1.17. The zero-order chi connectivity index (χ0) is 15.5. The molecule has 110 valence electrons. The highest BCUT2D eigenvalue weighted by Gasteiger charge is 2.17. The summed E-state index contributed by atoms with van der Waals surface area (Å²) in [5.74, 6) is -0.413. The molecule has 2 rings (SSSR count). The maximum absolute atomic E-state index is 12.1. The lowest BCUT2D eigenvalue weighted by Crippen LogP contribution is -2.11. The fraction of sp³-hybridized carbons (Fsp3) is 0.133. The minimum absolute atomic E-state index is 0.0490. The molecule has 0 bridgehead atoms. The van der Waals surface area contributed by atoms with Crippen LogP contribution in [0.3, 0.4) is 0 Å². The van der Waals surface area contributed by atoms with Crippen LogP contribution in [-0.4, -0.2) is 20.0 Å². The molecule has 0 amide bonds. The van der Waals surface area contributed by atoms with E-state index in [-0.39, 0.29) is 22.9 Å². The van der Waals surface area contributed by atoms with E-state index in [1.165, 1.54) is 24.3 Å². The molecule has 0 radical (unpaired) electrons. The van der Waals surface area contributed by atoms with Crippen LogP contribution in [0.15, 0.2) is 57.9 Å². The van der Waals surface area contributed by atoms with Gasteiger partial charge in [0.25, 0.3) is 0 Å². The second-order valence-electron chi connectivity index (χ2n) is 4.45. The first-order valence-electron chi connectivity index (χ1n) is 6.15. The van der Waals surface area contributed by atoms with Crippen molar-refractivity contribution in [2.24, 2.45) is 0 Å². The Morgan fingerprint density at radius 1 is 1.00 bits per heavy atom. The summed E-state index contributed by atoms with van der Waals surface area (Å²) in [6.45, 7) is 0. The molecule has 0 aromatic heterocycles. The van der Waals surface area contributed by atoms with Crippen molar-refractivity contribution in [3.05, 3.63) is 63.6 Å². The number of carbonyl (C=O) groups excluding carboxylic acids is 1. The first kappa shape index (κ1) is 16.2. The van der Waals surface area contributed by atoms with Crippen molar-refractivity contribution in [1.29, 1.82) is 0 Å². The van der Waals surface area contributed by atoms with Gasteiger partial charge in [-0.25, -0.2) is 8.42 Å². The lowest BCUT2D eigenvalue weighted by atomic mass is 10.1. The van der Waals surface area contributed by atoms with Crippen molar-refractivity contribution in [2.75, 3.05) is 5.75 Å². The Bertz CT molecular complexity index is 737. The first-order valence-corrected chi connectivity index (χ1v) is 8.98. The molecule has 0 aliphatic heterocycles. The summed E-state index contributed by atoms with van der Waals surface area (Å²) in [7, 11) is -3.48. The molecule has 0 fully saturated rings. The predicted molar refractivity (Wildman–Crippen MR) is 86.6 cm³/mol. The van der Waals surface area contributed by atoms with E-state index in [2.05, 4.69) is 15.9 Å². The largest absolute Gasteiger partial charge is 0.294 e. The van der Waals surface area contributed by atoms with Crippen LogP contribution in [0, 0.1) is 0 Å². The van der Waals surface area contributed by atoms with Crippen molar-refractivity contribution >= 4 is 43.2 Å². The third kappa shape index (κ3) is 4.40. The Morgan fingerprint density at radius 2 is 1.57 bits per heavy atom. The third-order valence-corrected chi connectivity index (χ3v) is 5.45. The van der Waals surface area contributed by atoms with Crippen molar-refractivity contribution in [3.8, 4) is 0 Å². The monoisotopic (exact) mass is 386 g/mol. The molecule has 3 nitrogen and oxygen atoms in total. The molecule has 0 spiro atoms. The van der Waals surface area contributed by atoms with Gasteiger partial charge in [-0.05, 0) is 36.4 Å². The van der Waals surface area contributed by atoms with Crippen molar-refractivity contribution in [3.63, 3.8) is 0 Å². The summed E-state index contributed by atoms with van der Waals surface area (Å²) in [6, 6.07) is 12.8. The van der Waals surface area contributed by atoms with Crippen LogP contribution in [0.2, 0.25) is 5.02 Å². The van der Waals surface area contributed by atoms with Crippen molar-refractivity contribution in [2.45, 2.75) is 11.3 Å². The van der Waals surface area contributed by atoms with Crippen LogP contribution in [0.25, 0.3) is 0 Å². The molecule has 0 N–H and O–H groups in total. The van der Waals surface area contributed by atoms with Gasteiger partial charge in [0.1, 0.15) is 0 Å². The van der Waals surface area contributed by atoms with Crippen LogP contribution < -0.4 is 0 Å². The smallest absolute Gasteiger partial charge is 0.178 e. The molecule has 0 aliphatic carbocycles. The quantitative estimate of drug-likeness (QED) is 0.724. The highest BCUT2D eigenvalue weighted by Crippen LogP contribution is 2.17. The van der Waals surface area contributed by atoms with Crippen LogP contribution in [-0.2, 0) is 9.84 Å². The van der Waals surface area contributed by atoms with Gasteiger partial charge in [-0.15, -0.1) is 0 Å². The molecule has 0 heterocycles. The molecular weight excluding hydrogens is 376 g/mol. The van der Waals surface area contributed by atoms with Crippen LogP contribution in [0.5, 0.6) is 0 Å². The molecule has 0 unspecified atom stereocenters. The van der Waals surface area contributed by atoms with Crippen LogP contribution >= 0.6 is 27.5 Å². The van der Waals surface area contributed by atoms with E-state index >= 15 is 0 Å². The summed E-state index contributed by atoms with van der Waals surface area (Å²) in [4.78, 5) is 12.2. The summed E-state index contributed by atoms with van der Waals surface area (Å²) in [6.07, 6.45) is -0.0490. The molecule has 2 aromatic carbocycles. The average Bonchev–Trinajstić information content (AvgIpc) is 2.46. The summed E-state index contributed by atoms with van der Waals surface area (Å²) in [5.41, 5.74) is 0.504. The maximum Gasteiger partial charge on any atom is 0.178 e. The standard InChI is InChI=1S/C15H12BrClO3S/c16-12-3-1-11(2-4-12)15(18)9-10-21(19,20)14-7-5-13(17)6-8-14/h1-8H,9-10H2. The third-order valence-electron chi connectivity index (χ3n) is 2.94. The average molecular weight is 388 g/mol. The lowest BCUT2D eigenvalue weighted by Gasteiger charge is -2.05. The maximum atomic E-state index is 12.1. The molecule has 2 aromatic rings. The predicted octanol–water partition coefficient (Wildman–Crippen LogP) is 4.15. The van der Waals surface area contributed by atoms with Gasteiger partial charge in [0.15, 0.2) is 15.6 Å². The molecule has 0 atom stereocenters. The van der Waals surface area contributed by atoms with E-state index < -0.39 is 9.84 Å². The minimum Gasteiger partial charge on any atom is -0.294 e. The van der Waals surface area contributed by atoms with E-state index in [0.717, 1.165) is 4.47 Å². The Labute approximate surface area is 137 Å². The van der Waals surface area contributed by atoms with Crippen LogP contribution in [0.4, 0.5) is 0 Å². The summed E-state index contributed by atoms with van der Waals surface area (Å²) >= 11 is 9.01. The van der Waals surface area contributed by atoms with Gasteiger partial charge < -0.3 is 0 Å². The highest BCUT2D eigenvalue weighted by molar-refractivity contribution is 9.10. The van der Waals surface area contributed by atoms with Crippen molar-refractivity contribution < 1.29 is 13.2 Å². The van der Waals surface area contributed by atoms with Gasteiger partial charge in [-0.2, -0.15) is 0 Å². The fourth-order valence-electron chi connectivity index (χ4n) is 1.77. The molecule has 21 heavy (non-hydrogen) atoms. The molecule has 6 heteroatoms. The Kier molecular flexibility index (Phi) is 5.19. The number of sulfone groups is 1. The van der Waals surface area contributed by atoms with Gasteiger partial charge in [-0.3, -0.25) is 4.79 Å². The summed E-state index contributed by atoms with van der Waals surface area (Å²) < 4.78 is 25.1. The van der Waals surface area contributed by atoms with E-state index in [4.69, 9.17) is 11.6 Å². The van der Waals surface area contributed by atoms with Gasteiger partial charge in [0.05, 0.1) is 10.6 Å². The highest BCUT2D eigenvalue weighted by atomic mass is 79.9. The SMILES string of the molecule is O=C(CCS(=O)(=O)c1ccc(Cl)cc1)c1ccc(Br)cc1. The number of Topliss-reactive ketones (excluding diaryl/α,β-unsaturated/α-hetero) is 1. The lowest BCUT2D eigenvalue weighted by molar-refractivity contribution is 0.0989. The second kappa shape index (κ2) is 6.73. The zero-order valence-corrected chi connectivity index (χ0v) is 14.1. The number of carbonyl (C=O) groups is 1. The number of ketones is 1. The van der Waals surface area contributed by atoms with Crippen molar-refractivity contribution in [1.82, 2.24) is 0 Å². The Morgan fingerprint density at radius 3 is 2.14 bits per heavy atom. The van der Waals surface area contributed by atoms with E-state index in [0.29, 0.717) is 10.6 Å². The number of rotatable bonds is 5. The number of hydrogen-bond acceptors (Lipinski definition) is 3. The normalized spacial score (nSPS) is 11.3. The minimum atomic E-state index is -3.48. The van der Waals surface area contributed by atoms with Gasteiger partial charge in [-0.1, -0.05) is 39.7 Å². The topological polar surface area (TPSA) is 51.2 Å². The number of halogens is 2. The molecule has 0 saturated carbocycles. The van der Waals surface area contributed by atoms with Gasteiger partial charge in [0, 0.05) is 21.5 Å². The summed E-state index contributed by atoms with van der Waals surface area (Å²) in [5, 5.41) is 0.472. The van der Waals surface area contributed by atoms with E-state index in [1.807, 2.05) is 0 Å². The van der Waals surface area contributed by atoms with E-state index in [1.54, 1.807) is 24.3 Å². The molecule has 0 saturated heterocycles. The molecule has 0 aliphatic rings. The Balaban J connectivity index is 2.06. The van der Waals surface area contributed by atoms with Gasteiger partial charge >= 0.3 is 0 Å². The van der Waals surface area contributed by atoms with Gasteiger partial charge in [0.2, 0.25) is 0 Å².